The van der Waals surface area contributed by atoms with Crippen LogP contribution in [0.2, 0.25) is 0 Å². The molecule has 0 saturated heterocycles. The van der Waals surface area contributed by atoms with E-state index >= 15 is 0 Å². The number of esters is 1. The Balaban J connectivity index is 4.03. The van der Waals surface area contributed by atoms with Crippen LogP contribution in [0.5, 0.6) is 0 Å². The molecule has 0 aromatic carbocycles. The Morgan fingerprint density at radius 2 is 1.74 bits per heavy atom. The molecule has 0 heterocycles. The third kappa shape index (κ3) is 11.7. The number of hydrogen-bond donors (Lipinski definition) is 1. The molecule has 0 rings (SSSR count). The van der Waals surface area contributed by atoms with Gasteiger partial charge in [0.1, 0.15) is 15.4 Å². The Morgan fingerprint density at radius 1 is 1.21 bits per heavy atom. The van der Waals surface area contributed by atoms with Gasteiger partial charge in [-0.05, 0) is 27.7 Å². The summed E-state index contributed by atoms with van der Waals surface area (Å²) in [7, 11) is -3.13. The van der Waals surface area contributed by atoms with Crippen molar-refractivity contribution in [2.45, 2.75) is 52.2 Å². The molecular weight excluding hydrogens is 270 g/mol. The van der Waals surface area contributed by atoms with E-state index in [0.717, 1.165) is 6.26 Å². The van der Waals surface area contributed by atoms with E-state index in [2.05, 4.69) is 5.32 Å². The fraction of sp³-hybridized carbons (Fsp3) is 0.833. The summed E-state index contributed by atoms with van der Waals surface area (Å²) < 4.78 is 27.1. The van der Waals surface area contributed by atoms with Crippen molar-refractivity contribution >= 4 is 21.7 Å². The van der Waals surface area contributed by atoms with Gasteiger partial charge in [0, 0.05) is 18.7 Å². The zero-order chi connectivity index (χ0) is 15.3. The van der Waals surface area contributed by atoms with Gasteiger partial charge in [-0.15, -0.1) is 0 Å². The molecule has 1 amide bonds. The summed E-state index contributed by atoms with van der Waals surface area (Å²) in [6, 6.07) is -0.471. The maximum Gasteiger partial charge on any atom is 0.306 e. The van der Waals surface area contributed by atoms with Gasteiger partial charge >= 0.3 is 5.97 Å². The molecular formula is C12H23NO5S. The summed E-state index contributed by atoms with van der Waals surface area (Å²) in [5.74, 6) is -0.925. The van der Waals surface area contributed by atoms with E-state index in [0.29, 0.717) is 0 Å². The van der Waals surface area contributed by atoms with E-state index in [1.807, 2.05) is 0 Å². The number of sulfone groups is 1. The molecule has 1 atom stereocenters. The lowest BCUT2D eigenvalue weighted by Gasteiger charge is -2.19. The molecule has 1 N–H and O–H groups in total. The number of rotatable bonds is 6. The minimum absolute atomic E-state index is 0.0109. The molecule has 1 unspecified atom stereocenters. The van der Waals surface area contributed by atoms with Crippen molar-refractivity contribution in [2.75, 3.05) is 12.0 Å². The predicted octanol–water partition coefficient (Wildman–Crippen LogP) is 0.658. The predicted molar refractivity (Wildman–Crippen MR) is 72.4 cm³/mol. The van der Waals surface area contributed by atoms with Crippen LogP contribution in [-0.4, -0.2) is 43.9 Å². The zero-order valence-corrected chi connectivity index (χ0v) is 13.0. The van der Waals surface area contributed by atoms with E-state index in [9.17, 15) is 18.0 Å². The van der Waals surface area contributed by atoms with E-state index in [4.69, 9.17) is 4.74 Å². The van der Waals surface area contributed by atoms with Gasteiger partial charge in [-0.25, -0.2) is 8.42 Å². The van der Waals surface area contributed by atoms with Gasteiger partial charge in [-0.1, -0.05) is 0 Å². The summed E-state index contributed by atoms with van der Waals surface area (Å²) in [6.45, 7) is 6.85. The molecule has 112 valence electrons. The van der Waals surface area contributed by atoms with Crippen molar-refractivity contribution in [3.05, 3.63) is 0 Å². The van der Waals surface area contributed by atoms with E-state index in [1.165, 1.54) is 0 Å². The van der Waals surface area contributed by atoms with Crippen LogP contribution in [0.3, 0.4) is 0 Å². The van der Waals surface area contributed by atoms with Gasteiger partial charge in [-0.2, -0.15) is 0 Å². The number of nitrogens with one attached hydrogen (secondary N) is 1. The Kier molecular flexibility index (Phi) is 6.48. The van der Waals surface area contributed by atoms with Gasteiger partial charge < -0.3 is 10.1 Å². The minimum Gasteiger partial charge on any atom is -0.460 e. The summed E-state index contributed by atoms with van der Waals surface area (Å²) in [6.07, 6.45) is 1.08. The SMILES string of the molecule is CC(CS(C)(=O)=O)NC(=O)CCC(=O)OC(C)(C)C. The second-order valence-corrected chi connectivity index (χ2v) is 7.83. The van der Waals surface area contributed by atoms with E-state index in [-0.39, 0.29) is 24.5 Å². The number of amides is 1. The van der Waals surface area contributed by atoms with Gasteiger partial charge in [0.25, 0.3) is 0 Å². The molecule has 0 radical (unpaired) electrons. The van der Waals surface area contributed by atoms with Crippen LogP contribution < -0.4 is 5.32 Å². The summed E-state index contributed by atoms with van der Waals surface area (Å²) in [4.78, 5) is 22.9. The van der Waals surface area contributed by atoms with Crippen LogP contribution in [0, 0.1) is 0 Å². The average Bonchev–Trinajstić information content (AvgIpc) is 2.08. The van der Waals surface area contributed by atoms with Crippen LogP contribution >= 0.6 is 0 Å². The molecule has 0 aromatic rings. The first-order chi connectivity index (χ1) is 8.39. The number of ether oxygens (including phenoxy) is 1. The fourth-order valence-corrected chi connectivity index (χ4v) is 2.44. The molecule has 0 saturated carbocycles. The van der Waals surface area contributed by atoms with Gasteiger partial charge in [0.15, 0.2) is 0 Å². The van der Waals surface area contributed by atoms with E-state index in [1.54, 1.807) is 27.7 Å². The number of carbonyl (C=O) groups is 2. The maximum atomic E-state index is 11.5. The molecule has 0 spiro atoms. The summed E-state index contributed by atoms with van der Waals surface area (Å²) in [5.41, 5.74) is -0.572. The van der Waals surface area contributed by atoms with Gasteiger partial charge in [-0.3, -0.25) is 9.59 Å². The Hall–Kier alpha value is -1.11. The first-order valence-corrected chi connectivity index (χ1v) is 8.14. The van der Waals surface area contributed by atoms with Crippen LogP contribution in [0.25, 0.3) is 0 Å². The highest BCUT2D eigenvalue weighted by Gasteiger charge is 2.18. The topological polar surface area (TPSA) is 89.5 Å². The third-order valence-electron chi connectivity index (χ3n) is 1.94. The van der Waals surface area contributed by atoms with Gasteiger partial charge in [0.05, 0.1) is 12.2 Å². The third-order valence-corrected chi connectivity index (χ3v) is 3.04. The molecule has 7 heteroatoms. The van der Waals surface area contributed by atoms with Crippen LogP contribution in [0.1, 0.15) is 40.5 Å². The summed E-state index contributed by atoms with van der Waals surface area (Å²) in [5, 5.41) is 2.53. The smallest absolute Gasteiger partial charge is 0.306 e. The minimum atomic E-state index is -3.13. The number of hydrogen-bond acceptors (Lipinski definition) is 5. The Labute approximate surface area is 114 Å². The van der Waals surface area contributed by atoms with Crippen molar-refractivity contribution in [3.63, 3.8) is 0 Å². The highest BCUT2D eigenvalue weighted by Crippen LogP contribution is 2.09. The lowest BCUT2D eigenvalue weighted by Crippen LogP contribution is -2.37. The largest absolute Gasteiger partial charge is 0.460 e. The highest BCUT2D eigenvalue weighted by atomic mass is 32.2. The molecule has 0 aliphatic carbocycles. The number of carbonyl (C=O) groups excluding carboxylic acids is 2. The lowest BCUT2D eigenvalue weighted by atomic mass is 10.2. The van der Waals surface area contributed by atoms with Gasteiger partial charge in [0.2, 0.25) is 5.91 Å². The molecule has 0 aromatic heterocycles. The van der Waals surface area contributed by atoms with E-state index < -0.39 is 27.4 Å². The molecule has 0 aliphatic heterocycles. The summed E-state index contributed by atoms with van der Waals surface area (Å²) >= 11 is 0. The van der Waals surface area contributed by atoms with Crippen LogP contribution in [-0.2, 0) is 24.2 Å². The second-order valence-electron chi connectivity index (χ2n) is 5.65. The normalized spacial score (nSPS) is 13.7. The molecule has 0 fully saturated rings. The zero-order valence-electron chi connectivity index (χ0n) is 12.1. The van der Waals surface area contributed by atoms with Crippen molar-refractivity contribution in [2.24, 2.45) is 0 Å². The Morgan fingerprint density at radius 3 is 2.16 bits per heavy atom. The molecule has 19 heavy (non-hydrogen) atoms. The van der Waals surface area contributed by atoms with Crippen molar-refractivity contribution in [3.8, 4) is 0 Å². The fourth-order valence-electron chi connectivity index (χ4n) is 1.45. The van der Waals surface area contributed by atoms with Crippen LogP contribution in [0.15, 0.2) is 0 Å². The molecule has 0 bridgehead atoms. The van der Waals surface area contributed by atoms with Crippen LogP contribution in [0.4, 0.5) is 0 Å². The first-order valence-electron chi connectivity index (χ1n) is 6.08. The van der Waals surface area contributed by atoms with Crippen molar-refractivity contribution < 1.29 is 22.7 Å². The molecule has 0 aliphatic rings. The first kappa shape index (κ1) is 17.9. The standard InChI is InChI=1S/C12H23NO5S/c1-9(8-19(5,16)17)13-10(14)6-7-11(15)18-12(2,3)4/h9H,6-8H2,1-5H3,(H,13,14). The Bertz CT molecular complexity index is 422. The highest BCUT2D eigenvalue weighted by molar-refractivity contribution is 7.90. The monoisotopic (exact) mass is 293 g/mol. The van der Waals surface area contributed by atoms with Crippen molar-refractivity contribution in [1.29, 1.82) is 0 Å². The molecule has 6 nitrogen and oxygen atoms in total. The lowest BCUT2D eigenvalue weighted by molar-refractivity contribution is -0.155. The second kappa shape index (κ2) is 6.88. The van der Waals surface area contributed by atoms with Crippen molar-refractivity contribution in [1.82, 2.24) is 5.32 Å². The maximum absolute atomic E-state index is 11.5. The average molecular weight is 293 g/mol. The quantitative estimate of drug-likeness (QED) is 0.727.